The average molecular weight is 936 g/mol. The molecule has 0 bridgehead atoms. The second-order valence-corrected chi connectivity index (χ2v) is 15.5. The molecular weight excluding hydrogens is 888 g/mol. The van der Waals surface area contributed by atoms with E-state index >= 15 is 4.39 Å². The zero-order valence-corrected chi connectivity index (χ0v) is 35.3. The summed E-state index contributed by atoms with van der Waals surface area (Å²) >= 11 is 6.33. The molecule has 2 heterocycles. The van der Waals surface area contributed by atoms with Crippen LogP contribution >= 0.6 is 31.9 Å². The van der Waals surface area contributed by atoms with Gasteiger partial charge in [-0.3, -0.25) is 19.2 Å². The number of amides is 2. The third kappa shape index (κ3) is 11.3. The van der Waals surface area contributed by atoms with E-state index in [1.807, 2.05) is 0 Å². The SMILES string of the molecule is C#CCn1c(=O)c(Br)c(Br)c(=O)n1Cc1ccc(-n2nnc3c2CCCCCC3(F)C(=O)NCCOCCOCCOCCNC(=O)C2(F)CC#CCCCC2)cc1. The maximum atomic E-state index is 16.7. The number of benzene rings is 1. The number of aromatic nitrogens is 5. The van der Waals surface area contributed by atoms with Gasteiger partial charge in [-0.1, -0.05) is 35.6 Å². The molecule has 0 spiro atoms. The zero-order chi connectivity index (χ0) is 41.5. The number of rotatable bonds is 18. The quantitative estimate of drug-likeness (QED) is 0.142. The lowest BCUT2D eigenvalue weighted by Gasteiger charge is -2.25. The molecule has 2 amide bonds. The van der Waals surface area contributed by atoms with Crippen molar-refractivity contribution >= 4 is 43.7 Å². The molecule has 0 fully saturated rings. The van der Waals surface area contributed by atoms with Gasteiger partial charge in [0.05, 0.1) is 64.0 Å². The van der Waals surface area contributed by atoms with Crippen LogP contribution in [0.25, 0.3) is 5.69 Å². The van der Waals surface area contributed by atoms with Crippen LogP contribution in [0, 0.1) is 24.2 Å². The first-order valence-corrected chi connectivity index (χ1v) is 20.9. The van der Waals surface area contributed by atoms with Gasteiger partial charge in [0, 0.05) is 19.5 Å². The molecule has 0 radical (unpaired) electrons. The van der Waals surface area contributed by atoms with E-state index in [-0.39, 0.29) is 99.7 Å². The maximum Gasteiger partial charge on any atom is 0.281 e. The minimum Gasteiger partial charge on any atom is -0.377 e. The van der Waals surface area contributed by atoms with Crippen molar-refractivity contribution in [1.29, 1.82) is 0 Å². The van der Waals surface area contributed by atoms with Gasteiger partial charge >= 0.3 is 0 Å². The molecule has 2 unspecified atom stereocenters. The maximum absolute atomic E-state index is 16.7. The molecule has 14 nitrogen and oxygen atoms in total. The minimum atomic E-state index is -2.40. The number of ether oxygens (including phenoxy) is 3. The van der Waals surface area contributed by atoms with Crippen LogP contribution in [0.4, 0.5) is 8.78 Å². The monoisotopic (exact) mass is 933 g/mol. The van der Waals surface area contributed by atoms with Crippen molar-refractivity contribution in [3.8, 4) is 29.9 Å². The Morgan fingerprint density at radius 1 is 0.828 bits per heavy atom. The number of carbonyl (C=O) groups excluding carboxylic acids is 2. The van der Waals surface area contributed by atoms with Gasteiger partial charge in [0.2, 0.25) is 5.67 Å². The van der Waals surface area contributed by atoms with Crippen LogP contribution in [-0.2, 0) is 49.0 Å². The lowest BCUT2D eigenvalue weighted by molar-refractivity contribution is -0.135. The number of nitrogens with zero attached hydrogens (tertiary/aromatic N) is 5. The second-order valence-electron chi connectivity index (χ2n) is 13.9. The largest absolute Gasteiger partial charge is 0.377 e. The normalized spacial score (nSPS) is 19.3. The highest BCUT2D eigenvalue weighted by Crippen LogP contribution is 2.37. The van der Waals surface area contributed by atoms with E-state index in [2.05, 4.69) is 70.6 Å². The molecule has 18 heteroatoms. The predicted molar refractivity (Wildman–Crippen MR) is 218 cm³/mol. The Hall–Kier alpha value is -4.20. The standard InChI is InChI=1S/C40H47Br2F2N7O7/c1-2-21-49-35(52)32(41)33(42)36(53)50(49)28-29-12-14-30(15-13-29)51-31-11-7-6-10-18-40(44,34(31)47-48-51)38(55)46-20-23-57-25-27-58-26-24-56-22-19-45-37(54)39(43)16-8-4-3-5-9-17-39/h1,12-15H,3-4,6-8,10-11,16-28H2,(H,45,54)(H,46,55). The van der Waals surface area contributed by atoms with E-state index in [0.717, 1.165) is 25.7 Å². The summed E-state index contributed by atoms with van der Waals surface area (Å²) < 4.78 is 52.4. The van der Waals surface area contributed by atoms with Gasteiger partial charge < -0.3 is 24.8 Å². The molecule has 5 rings (SSSR count). The van der Waals surface area contributed by atoms with Crippen molar-refractivity contribution < 1.29 is 32.6 Å². The van der Waals surface area contributed by atoms with Gasteiger partial charge in [0.1, 0.15) is 21.2 Å². The summed E-state index contributed by atoms with van der Waals surface area (Å²) in [4.78, 5) is 51.5. The lowest BCUT2D eigenvalue weighted by Crippen LogP contribution is -2.44. The molecule has 2 aliphatic carbocycles. The highest BCUT2D eigenvalue weighted by atomic mass is 79.9. The number of hydrogen-bond donors (Lipinski definition) is 2. The predicted octanol–water partition coefficient (Wildman–Crippen LogP) is 4.04. The topological polar surface area (TPSA) is 161 Å². The van der Waals surface area contributed by atoms with Gasteiger partial charge in [-0.25, -0.2) is 22.8 Å². The third-order valence-corrected chi connectivity index (χ3v) is 11.9. The van der Waals surface area contributed by atoms with Crippen LogP contribution in [0.5, 0.6) is 0 Å². The van der Waals surface area contributed by atoms with Gasteiger partial charge in [0.25, 0.3) is 22.9 Å². The molecule has 58 heavy (non-hydrogen) atoms. The Bertz CT molecular complexity index is 2130. The first kappa shape index (κ1) is 44.9. The number of nitrogens with one attached hydrogen (secondary N) is 2. The number of carbonyl (C=O) groups is 2. The molecular formula is C40H47Br2F2N7O7. The van der Waals surface area contributed by atoms with Crippen molar-refractivity contribution in [2.24, 2.45) is 0 Å². The highest BCUT2D eigenvalue weighted by molar-refractivity contribution is 9.13. The van der Waals surface area contributed by atoms with E-state index in [9.17, 15) is 23.6 Å². The fourth-order valence-electron chi connectivity index (χ4n) is 6.67. The molecule has 0 aliphatic heterocycles. The van der Waals surface area contributed by atoms with Crippen LogP contribution in [0.15, 0.2) is 42.8 Å². The molecule has 2 N–H and O–H groups in total. The van der Waals surface area contributed by atoms with Crippen molar-refractivity contribution in [3.05, 3.63) is 70.9 Å². The third-order valence-electron chi connectivity index (χ3n) is 9.85. The molecule has 0 saturated carbocycles. The Morgan fingerprint density at radius 3 is 2.12 bits per heavy atom. The van der Waals surface area contributed by atoms with E-state index in [1.165, 1.54) is 14.0 Å². The number of fused-ring (bicyclic) bond motifs is 1. The first-order chi connectivity index (χ1) is 28.0. The van der Waals surface area contributed by atoms with E-state index in [4.69, 9.17) is 20.6 Å². The van der Waals surface area contributed by atoms with Crippen molar-refractivity contribution in [1.82, 2.24) is 35.0 Å². The fraction of sp³-hybridized carbons (Fsp3) is 0.550. The molecule has 2 aromatic heterocycles. The first-order valence-electron chi connectivity index (χ1n) is 19.3. The lowest BCUT2D eigenvalue weighted by atomic mass is 9.88. The van der Waals surface area contributed by atoms with Gasteiger partial charge in [-0.15, -0.1) is 17.4 Å². The average Bonchev–Trinajstić information content (AvgIpc) is 3.63. The van der Waals surface area contributed by atoms with Crippen molar-refractivity contribution in [2.75, 3.05) is 52.7 Å². The van der Waals surface area contributed by atoms with Gasteiger partial charge in [-0.2, -0.15) is 0 Å². The molecule has 1 aromatic carbocycles. The van der Waals surface area contributed by atoms with Crippen molar-refractivity contribution in [2.45, 2.75) is 88.6 Å². The molecule has 2 aliphatic rings. The minimum absolute atomic E-state index is 0.0200. The summed E-state index contributed by atoms with van der Waals surface area (Å²) in [6.07, 6.45) is 10.1. The summed E-state index contributed by atoms with van der Waals surface area (Å²) in [5.41, 5.74) is -3.49. The number of terminal acetylenes is 1. The highest BCUT2D eigenvalue weighted by Gasteiger charge is 2.46. The second kappa shape index (κ2) is 21.7. The Labute approximate surface area is 352 Å². The number of halogens is 4. The van der Waals surface area contributed by atoms with Crippen LogP contribution in [0.1, 0.15) is 74.7 Å². The summed E-state index contributed by atoms with van der Waals surface area (Å²) in [5, 5.41) is 13.7. The molecule has 0 saturated heterocycles. The smallest absolute Gasteiger partial charge is 0.281 e. The Balaban J connectivity index is 1.05. The van der Waals surface area contributed by atoms with Crippen LogP contribution < -0.4 is 21.8 Å². The summed E-state index contributed by atoms with van der Waals surface area (Å²) in [7, 11) is 0. The van der Waals surface area contributed by atoms with E-state index < -0.39 is 34.3 Å². The Kier molecular flexibility index (Phi) is 16.8. The number of alkyl halides is 2. The Morgan fingerprint density at radius 2 is 1.45 bits per heavy atom. The van der Waals surface area contributed by atoms with Crippen LogP contribution in [0.2, 0.25) is 0 Å². The summed E-state index contributed by atoms with van der Waals surface area (Å²) in [5.74, 6) is 6.58. The van der Waals surface area contributed by atoms with Crippen LogP contribution in [0.3, 0.4) is 0 Å². The fourth-order valence-corrected chi connectivity index (χ4v) is 7.42. The van der Waals surface area contributed by atoms with E-state index in [0.29, 0.717) is 36.2 Å². The summed E-state index contributed by atoms with van der Waals surface area (Å²) in [6.45, 7) is 1.64. The number of hydrogen-bond acceptors (Lipinski definition) is 9. The van der Waals surface area contributed by atoms with Crippen molar-refractivity contribution in [3.63, 3.8) is 0 Å². The van der Waals surface area contributed by atoms with Gasteiger partial charge in [-0.05, 0) is 94.5 Å². The van der Waals surface area contributed by atoms with E-state index in [1.54, 1.807) is 24.3 Å². The molecule has 2 atom stereocenters. The van der Waals surface area contributed by atoms with Crippen LogP contribution in [-0.4, -0.2) is 94.6 Å². The summed E-state index contributed by atoms with van der Waals surface area (Å²) in [6, 6.07) is 7.02. The van der Waals surface area contributed by atoms with Gasteiger partial charge in [0.15, 0.2) is 5.67 Å². The molecule has 3 aromatic rings. The molecule has 312 valence electrons. The zero-order valence-electron chi connectivity index (χ0n) is 32.1.